The molecule has 0 atom stereocenters. The molecule has 6 heteroatoms. The third-order valence-corrected chi connectivity index (χ3v) is 2.69. The smallest absolute Gasteiger partial charge is 0.267 e. The van der Waals surface area contributed by atoms with Crippen molar-refractivity contribution in [2.24, 2.45) is 0 Å². The molecule has 92 valence electrons. The summed E-state index contributed by atoms with van der Waals surface area (Å²) >= 11 is 0. The Balaban J connectivity index is 2.23. The third-order valence-electron chi connectivity index (χ3n) is 2.69. The summed E-state index contributed by atoms with van der Waals surface area (Å²) in [6.45, 7) is 3.93. The van der Waals surface area contributed by atoms with Crippen LogP contribution in [0.1, 0.15) is 18.2 Å². The molecule has 2 N–H and O–H groups in total. The van der Waals surface area contributed by atoms with Crippen molar-refractivity contribution in [1.82, 2.24) is 20.4 Å². The maximum Gasteiger partial charge on any atom is 0.267 e. The molecule has 17 heavy (non-hydrogen) atoms. The van der Waals surface area contributed by atoms with E-state index in [-0.39, 0.29) is 18.0 Å². The van der Waals surface area contributed by atoms with Crippen LogP contribution in [-0.2, 0) is 24.3 Å². The average Bonchev–Trinajstić information content (AvgIpc) is 2.30. The number of carbonyl (C=O) groups excluding carboxylic acids is 1. The zero-order chi connectivity index (χ0) is 12.3. The Morgan fingerprint density at radius 3 is 3.24 bits per heavy atom. The van der Waals surface area contributed by atoms with Gasteiger partial charge in [-0.25, -0.2) is 4.68 Å². The fourth-order valence-corrected chi connectivity index (χ4v) is 1.86. The van der Waals surface area contributed by atoms with E-state index in [9.17, 15) is 9.59 Å². The predicted molar refractivity (Wildman–Crippen MR) is 62.6 cm³/mol. The number of carbonyl (C=O) groups is 1. The Morgan fingerprint density at radius 2 is 2.47 bits per heavy atom. The van der Waals surface area contributed by atoms with Crippen LogP contribution in [0.4, 0.5) is 0 Å². The molecule has 1 amide bonds. The van der Waals surface area contributed by atoms with Crippen molar-refractivity contribution in [2.45, 2.75) is 26.4 Å². The summed E-state index contributed by atoms with van der Waals surface area (Å²) in [5.41, 5.74) is 1.62. The fourth-order valence-electron chi connectivity index (χ4n) is 1.86. The molecule has 1 aromatic rings. The maximum atomic E-state index is 11.7. The number of amides is 1. The number of likely N-dealkylation sites (N-methyl/N-ethyl adjacent to an activating group) is 1. The van der Waals surface area contributed by atoms with Crippen molar-refractivity contribution in [2.75, 3.05) is 13.1 Å². The van der Waals surface area contributed by atoms with Gasteiger partial charge in [-0.3, -0.25) is 9.59 Å². The highest BCUT2D eigenvalue weighted by Gasteiger charge is 2.13. The van der Waals surface area contributed by atoms with Gasteiger partial charge in [0.2, 0.25) is 5.91 Å². The summed E-state index contributed by atoms with van der Waals surface area (Å²) < 4.78 is 1.23. The highest BCUT2D eigenvalue weighted by atomic mass is 16.2. The Morgan fingerprint density at radius 1 is 1.65 bits per heavy atom. The molecular weight excluding hydrogens is 220 g/mol. The van der Waals surface area contributed by atoms with Crippen LogP contribution in [-0.4, -0.2) is 28.8 Å². The monoisotopic (exact) mass is 236 g/mol. The number of aromatic nitrogens is 2. The Hall–Kier alpha value is -1.69. The summed E-state index contributed by atoms with van der Waals surface area (Å²) in [4.78, 5) is 23.1. The molecule has 0 aromatic carbocycles. The highest BCUT2D eigenvalue weighted by Crippen LogP contribution is 2.07. The minimum atomic E-state index is -0.223. The van der Waals surface area contributed by atoms with E-state index >= 15 is 0 Å². The minimum Gasteiger partial charge on any atom is -0.355 e. The molecule has 0 unspecified atom stereocenters. The lowest BCUT2D eigenvalue weighted by Crippen LogP contribution is -2.36. The first-order chi connectivity index (χ1) is 8.20. The van der Waals surface area contributed by atoms with Gasteiger partial charge in [0.05, 0.1) is 5.69 Å². The SMILES string of the molecule is CCNC(=O)Cn1nc2c(cc1=O)CNCC2. The third kappa shape index (κ3) is 2.71. The van der Waals surface area contributed by atoms with E-state index in [2.05, 4.69) is 15.7 Å². The van der Waals surface area contributed by atoms with Gasteiger partial charge in [-0.1, -0.05) is 0 Å². The molecule has 0 aliphatic carbocycles. The fraction of sp³-hybridized carbons (Fsp3) is 0.545. The van der Waals surface area contributed by atoms with Crippen LogP contribution in [0.3, 0.4) is 0 Å². The summed E-state index contributed by atoms with van der Waals surface area (Å²) in [7, 11) is 0. The first kappa shape index (κ1) is 11.8. The van der Waals surface area contributed by atoms with E-state index in [4.69, 9.17) is 0 Å². The van der Waals surface area contributed by atoms with Crippen molar-refractivity contribution in [3.63, 3.8) is 0 Å². The van der Waals surface area contributed by atoms with Crippen LogP contribution < -0.4 is 16.2 Å². The topological polar surface area (TPSA) is 76.0 Å². The van der Waals surface area contributed by atoms with Gasteiger partial charge in [-0.2, -0.15) is 5.10 Å². The number of nitrogens with zero attached hydrogens (tertiary/aromatic N) is 2. The summed E-state index contributed by atoms with van der Waals surface area (Å²) in [5.74, 6) is -0.184. The van der Waals surface area contributed by atoms with Gasteiger partial charge in [0.1, 0.15) is 6.54 Å². The predicted octanol–water partition coefficient (Wildman–Crippen LogP) is -0.975. The zero-order valence-electron chi connectivity index (χ0n) is 9.82. The van der Waals surface area contributed by atoms with Crippen LogP contribution in [0.2, 0.25) is 0 Å². The van der Waals surface area contributed by atoms with Crippen LogP contribution in [0.15, 0.2) is 10.9 Å². The summed E-state index contributed by atoms with van der Waals surface area (Å²) in [6.07, 6.45) is 0.797. The molecule has 1 aromatic heterocycles. The first-order valence-corrected chi connectivity index (χ1v) is 5.78. The summed E-state index contributed by atoms with van der Waals surface area (Å²) in [6, 6.07) is 1.56. The molecular formula is C11H16N4O2. The number of hydrogen-bond donors (Lipinski definition) is 2. The molecule has 0 fully saturated rings. The second kappa shape index (κ2) is 5.09. The summed E-state index contributed by atoms with van der Waals surface area (Å²) in [5, 5.41) is 10.1. The van der Waals surface area contributed by atoms with Crippen molar-refractivity contribution < 1.29 is 4.79 Å². The normalized spacial score (nSPS) is 14.2. The van der Waals surface area contributed by atoms with Gasteiger partial charge in [0, 0.05) is 32.1 Å². The van der Waals surface area contributed by atoms with E-state index in [1.54, 1.807) is 6.07 Å². The maximum absolute atomic E-state index is 11.7. The van der Waals surface area contributed by atoms with Gasteiger partial charge >= 0.3 is 0 Å². The molecule has 2 rings (SSSR count). The van der Waals surface area contributed by atoms with E-state index in [0.717, 1.165) is 24.2 Å². The minimum absolute atomic E-state index is 0.00657. The molecule has 2 heterocycles. The Labute approximate surface area is 99.0 Å². The lowest BCUT2D eigenvalue weighted by atomic mass is 10.1. The molecule has 0 saturated carbocycles. The van der Waals surface area contributed by atoms with Gasteiger partial charge < -0.3 is 10.6 Å². The van der Waals surface area contributed by atoms with Crippen LogP contribution in [0.25, 0.3) is 0 Å². The number of fused-ring (bicyclic) bond motifs is 1. The van der Waals surface area contributed by atoms with Crippen LogP contribution in [0.5, 0.6) is 0 Å². The largest absolute Gasteiger partial charge is 0.355 e. The number of rotatable bonds is 3. The second-order valence-corrected chi connectivity index (χ2v) is 3.99. The molecule has 6 nitrogen and oxygen atoms in total. The van der Waals surface area contributed by atoms with E-state index in [1.165, 1.54) is 4.68 Å². The number of nitrogens with one attached hydrogen (secondary N) is 2. The van der Waals surface area contributed by atoms with Gasteiger partial charge in [-0.15, -0.1) is 0 Å². The van der Waals surface area contributed by atoms with Crippen LogP contribution in [0, 0.1) is 0 Å². The molecule has 1 aliphatic rings. The Kier molecular flexibility index (Phi) is 3.53. The van der Waals surface area contributed by atoms with Gasteiger partial charge in [0.25, 0.3) is 5.56 Å². The average molecular weight is 236 g/mol. The van der Waals surface area contributed by atoms with Crippen molar-refractivity contribution in [3.8, 4) is 0 Å². The second-order valence-electron chi connectivity index (χ2n) is 3.99. The quantitative estimate of drug-likeness (QED) is 0.707. The van der Waals surface area contributed by atoms with Crippen molar-refractivity contribution >= 4 is 5.91 Å². The standard InChI is InChI=1S/C11H16N4O2/c1-2-13-10(16)7-15-11(17)5-8-6-12-4-3-9(8)14-15/h5,12H,2-4,6-7H2,1H3,(H,13,16). The zero-order valence-corrected chi connectivity index (χ0v) is 9.82. The van der Waals surface area contributed by atoms with E-state index in [0.29, 0.717) is 13.1 Å². The molecule has 0 spiro atoms. The van der Waals surface area contributed by atoms with E-state index < -0.39 is 0 Å². The molecule has 0 radical (unpaired) electrons. The van der Waals surface area contributed by atoms with E-state index in [1.807, 2.05) is 6.92 Å². The lowest BCUT2D eigenvalue weighted by Gasteiger charge is -2.16. The van der Waals surface area contributed by atoms with Crippen molar-refractivity contribution in [1.29, 1.82) is 0 Å². The first-order valence-electron chi connectivity index (χ1n) is 5.78. The molecule has 0 saturated heterocycles. The van der Waals surface area contributed by atoms with Gasteiger partial charge in [-0.05, 0) is 12.5 Å². The number of hydrogen-bond acceptors (Lipinski definition) is 4. The highest BCUT2D eigenvalue weighted by molar-refractivity contribution is 5.75. The molecule has 0 bridgehead atoms. The van der Waals surface area contributed by atoms with Crippen LogP contribution >= 0.6 is 0 Å². The Bertz CT molecular complexity index is 481. The van der Waals surface area contributed by atoms with Gasteiger partial charge in [0.15, 0.2) is 0 Å². The molecule has 1 aliphatic heterocycles. The van der Waals surface area contributed by atoms with Crippen molar-refractivity contribution in [3.05, 3.63) is 27.7 Å². The lowest BCUT2D eigenvalue weighted by molar-refractivity contribution is -0.121.